The number of halogens is 2. The largest absolute Gasteiger partial charge is 0.453 e. The van der Waals surface area contributed by atoms with Crippen LogP contribution in [0.25, 0.3) is 5.69 Å². The van der Waals surface area contributed by atoms with Gasteiger partial charge in [-0.1, -0.05) is 29.8 Å². The van der Waals surface area contributed by atoms with Gasteiger partial charge >= 0.3 is 5.69 Å². The van der Waals surface area contributed by atoms with E-state index in [2.05, 4.69) is 25.9 Å². The molecule has 1 aromatic heterocycles. The third kappa shape index (κ3) is 4.24. The van der Waals surface area contributed by atoms with E-state index in [9.17, 15) is 9.59 Å². The highest BCUT2D eigenvalue weighted by Crippen LogP contribution is 2.38. The van der Waals surface area contributed by atoms with Gasteiger partial charge in [0, 0.05) is 17.9 Å². The van der Waals surface area contributed by atoms with Gasteiger partial charge in [-0.2, -0.15) is 4.68 Å². The number of rotatable bonds is 4. The van der Waals surface area contributed by atoms with Gasteiger partial charge < -0.3 is 15.4 Å². The number of nitrogens with one attached hydrogen (secondary N) is 1. The summed E-state index contributed by atoms with van der Waals surface area (Å²) in [5, 5.41) is 4.91. The van der Waals surface area contributed by atoms with E-state index in [1.54, 1.807) is 12.3 Å². The fraction of sp³-hybridized carbons (Fsp3) is 0.167. The van der Waals surface area contributed by atoms with Gasteiger partial charge in [-0.05, 0) is 37.4 Å². The van der Waals surface area contributed by atoms with Crippen molar-refractivity contribution in [1.82, 2.24) is 19.7 Å². The summed E-state index contributed by atoms with van der Waals surface area (Å²) in [6.45, 7) is 8.10. The van der Waals surface area contributed by atoms with Crippen molar-refractivity contribution in [2.24, 2.45) is 0 Å². The van der Waals surface area contributed by atoms with Crippen LogP contribution in [-0.2, 0) is 0 Å². The molecule has 1 aliphatic rings. The molecule has 152 valence electrons. The molecule has 8 nitrogen and oxygen atoms in total. The molecule has 0 fully saturated rings. The van der Waals surface area contributed by atoms with Gasteiger partial charge in [0.15, 0.2) is 5.75 Å². The number of H-pyrrole nitrogens is 1. The Balaban J connectivity index is 2.00. The number of nitrogens with two attached hydrogens (primary N) is 1. The summed E-state index contributed by atoms with van der Waals surface area (Å²) in [6.07, 6.45) is 3.59. The number of nitrogen functional groups attached to an aromatic ring is 1. The Hall–Kier alpha value is -2.54. The van der Waals surface area contributed by atoms with Gasteiger partial charge in [0.05, 0.1) is 15.7 Å². The number of allylic oxidation sites excluding steroid dienone is 2. The highest BCUT2D eigenvalue weighted by molar-refractivity contribution is 7.23. The predicted octanol–water partition coefficient (Wildman–Crippen LogP) is 3.03. The maximum absolute atomic E-state index is 12.0. The zero-order valence-electron chi connectivity index (χ0n) is 15.6. The van der Waals surface area contributed by atoms with Gasteiger partial charge in [0.2, 0.25) is 5.82 Å². The molecule has 0 aliphatic carbocycles. The SMILES string of the molecule is C=C1C(P)=CC(Oc2c(Cl)cc(-n3nc(N)c(=O)[nH]c3=O)cc2Cl)=CN1C(C)C. The molecule has 1 unspecified atom stereocenters. The molecule has 29 heavy (non-hydrogen) atoms. The first-order valence-corrected chi connectivity index (χ1v) is 9.74. The molecule has 3 rings (SSSR count). The molecule has 0 radical (unpaired) electrons. The van der Waals surface area contributed by atoms with Crippen LogP contribution in [0.1, 0.15) is 13.8 Å². The lowest BCUT2D eigenvalue weighted by molar-refractivity contribution is 0.355. The number of aromatic amines is 1. The van der Waals surface area contributed by atoms with Crippen molar-refractivity contribution >= 4 is 38.3 Å². The van der Waals surface area contributed by atoms with E-state index < -0.39 is 11.2 Å². The maximum Gasteiger partial charge on any atom is 0.349 e. The van der Waals surface area contributed by atoms with Gasteiger partial charge in [-0.3, -0.25) is 9.78 Å². The number of anilines is 1. The zero-order valence-corrected chi connectivity index (χ0v) is 18.2. The molecule has 0 amide bonds. The second-order valence-electron chi connectivity index (χ2n) is 6.48. The van der Waals surface area contributed by atoms with Gasteiger partial charge in [-0.25, -0.2) is 4.79 Å². The van der Waals surface area contributed by atoms with E-state index in [0.717, 1.165) is 15.7 Å². The molecule has 0 bridgehead atoms. The van der Waals surface area contributed by atoms with Crippen LogP contribution in [0.2, 0.25) is 10.0 Å². The molecule has 0 spiro atoms. The smallest absolute Gasteiger partial charge is 0.349 e. The lowest BCUT2D eigenvalue weighted by atomic mass is 10.2. The van der Waals surface area contributed by atoms with Gasteiger partial charge in [0.25, 0.3) is 5.56 Å². The average molecular weight is 454 g/mol. The summed E-state index contributed by atoms with van der Waals surface area (Å²) in [7, 11) is 2.61. The third-order valence-electron chi connectivity index (χ3n) is 4.07. The molecular weight excluding hydrogens is 436 g/mol. The number of benzene rings is 1. The average Bonchev–Trinajstić information content (AvgIpc) is 2.63. The molecule has 1 aliphatic heterocycles. The van der Waals surface area contributed by atoms with Crippen molar-refractivity contribution in [3.63, 3.8) is 0 Å². The highest BCUT2D eigenvalue weighted by atomic mass is 35.5. The minimum atomic E-state index is -0.776. The predicted molar refractivity (Wildman–Crippen MR) is 118 cm³/mol. The minimum absolute atomic E-state index is 0.145. The Bertz CT molecular complexity index is 1160. The molecule has 1 atom stereocenters. The standard InChI is InChI=1S/C18H18Cl2N5O3P/c1-8(2)24-7-11(6-14(29)9(24)3)28-15-12(19)4-10(5-13(15)20)25-18(27)22-17(26)16(21)23-25/h4-8H,3,29H2,1-2H3,(H2,21,23)(H,22,26,27). The number of nitrogens with zero attached hydrogens (tertiary/aromatic N) is 3. The Morgan fingerprint density at radius 2 is 1.90 bits per heavy atom. The first-order chi connectivity index (χ1) is 13.6. The van der Waals surface area contributed by atoms with Crippen LogP contribution in [0.4, 0.5) is 5.82 Å². The number of hydrogen-bond donors (Lipinski definition) is 2. The van der Waals surface area contributed by atoms with E-state index in [1.165, 1.54) is 12.1 Å². The fourth-order valence-corrected chi connectivity index (χ4v) is 3.49. The van der Waals surface area contributed by atoms with Crippen molar-refractivity contribution in [1.29, 1.82) is 0 Å². The van der Waals surface area contributed by atoms with Crippen LogP contribution in [0.15, 0.2) is 57.3 Å². The lowest BCUT2D eigenvalue weighted by Gasteiger charge is -2.31. The number of aromatic nitrogens is 3. The maximum atomic E-state index is 12.0. The lowest BCUT2D eigenvalue weighted by Crippen LogP contribution is -2.33. The first-order valence-electron chi connectivity index (χ1n) is 8.41. The van der Waals surface area contributed by atoms with Crippen molar-refractivity contribution in [2.75, 3.05) is 5.73 Å². The van der Waals surface area contributed by atoms with E-state index >= 15 is 0 Å². The van der Waals surface area contributed by atoms with Crippen LogP contribution in [0.5, 0.6) is 5.75 Å². The summed E-state index contributed by atoms with van der Waals surface area (Å²) in [6, 6.07) is 3.04. The van der Waals surface area contributed by atoms with Crippen molar-refractivity contribution in [3.05, 3.63) is 78.6 Å². The van der Waals surface area contributed by atoms with Crippen molar-refractivity contribution < 1.29 is 4.74 Å². The molecule has 2 aromatic rings. The summed E-state index contributed by atoms with van der Waals surface area (Å²) < 4.78 is 6.81. The Kier molecular flexibility index (Phi) is 5.89. The highest BCUT2D eigenvalue weighted by Gasteiger charge is 2.20. The summed E-state index contributed by atoms with van der Waals surface area (Å²) in [5.41, 5.74) is 4.99. The van der Waals surface area contributed by atoms with Crippen LogP contribution in [-0.4, -0.2) is 25.7 Å². The summed E-state index contributed by atoms with van der Waals surface area (Å²) in [4.78, 5) is 27.4. The molecule has 0 saturated heterocycles. The summed E-state index contributed by atoms with van der Waals surface area (Å²) >= 11 is 12.7. The van der Waals surface area contributed by atoms with Crippen LogP contribution < -0.4 is 21.7 Å². The Morgan fingerprint density at radius 1 is 1.28 bits per heavy atom. The Morgan fingerprint density at radius 3 is 2.48 bits per heavy atom. The quantitative estimate of drug-likeness (QED) is 0.689. The Labute approximate surface area is 178 Å². The van der Waals surface area contributed by atoms with Crippen LogP contribution in [0.3, 0.4) is 0 Å². The van der Waals surface area contributed by atoms with Crippen molar-refractivity contribution in [2.45, 2.75) is 19.9 Å². The monoisotopic (exact) mass is 453 g/mol. The van der Waals surface area contributed by atoms with Crippen LogP contribution in [0, 0.1) is 0 Å². The third-order valence-corrected chi connectivity index (χ3v) is 5.13. The van der Waals surface area contributed by atoms with Crippen LogP contribution >= 0.6 is 32.4 Å². The minimum Gasteiger partial charge on any atom is -0.453 e. The molecule has 2 heterocycles. The van der Waals surface area contributed by atoms with E-state index in [0.29, 0.717) is 5.76 Å². The molecule has 0 saturated carbocycles. The zero-order chi connectivity index (χ0) is 21.5. The molecule has 1 aromatic carbocycles. The number of hydrogen-bond acceptors (Lipinski definition) is 6. The fourth-order valence-electron chi connectivity index (χ4n) is 2.63. The van der Waals surface area contributed by atoms with E-state index in [-0.39, 0.29) is 33.3 Å². The normalized spacial score (nSPS) is 14.1. The van der Waals surface area contributed by atoms with E-state index in [4.69, 9.17) is 33.7 Å². The number of ether oxygens (including phenoxy) is 1. The topological polar surface area (TPSA) is 106 Å². The molecular formula is C18H18Cl2N5O3P. The van der Waals surface area contributed by atoms with Gasteiger partial charge in [0.1, 0.15) is 5.76 Å². The van der Waals surface area contributed by atoms with Gasteiger partial charge in [-0.15, -0.1) is 14.3 Å². The molecule has 3 N–H and O–H groups in total. The first kappa shape index (κ1) is 21.2. The summed E-state index contributed by atoms with van der Waals surface area (Å²) in [5.74, 6) is 0.354. The van der Waals surface area contributed by atoms with Crippen molar-refractivity contribution in [3.8, 4) is 11.4 Å². The second-order valence-corrected chi connectivity index (χ2v) is 7.91. The second kappa shape index (κ2) is 8.06. The van der Waals surface area contributed by atoms with E-state index in [1.807, 2.05) is 18.7 Å². The molecule has 11 heteroatoms.